The Morgan fingerprint density at radius 3 is 2.80 bits per heavy atom. The summed E-state index contributed by atoms with van der Waals surface area (Å²) in [6, 6.07) is 4.52. The van der Waals surface area contributed by atoms with Gasteiger partial charge < -0.3 is 5.32 Å². The van der Waals surface area contributed by atoms with Gasteiger partial charge in [0.05, 0.1) is 0 Å². The van der Waals surface area contributed by atoms with Crippen LogP contribution in [0.3, 0.4) is 0 Å². The maximum absolute atomic E-state index is 13.2. The van der Waals surface area contributed by atoms with Crippen LogP contribution in [-0.2, 0) is 6.54 Å². The van der Waals surface area contributed by atoms with E-state index in [2.05, 4.69) is 21.2 Å². The minimum absolute atomic E-state index is 0.284. The summed E-state index contributed by atoms with van der Waals surface area (Å²) in [6.07, 6.45) is 0.955. The molecule has 1 aromatic carbocycles. The zero-order chi connectivity index (χ0) is 11.3. The van der Waals surface area contributed by atoms with Crippen molar-refractivity contribution < 1.29 is 8.78 Å². The largest absolute Gasteiger partial charge is 0.310 e. The smallest absolute Gasteiger partial charge is 0.163 e. The molecule has 0 aliphatic carbocycles. The maximum atomic E-state index is 13.2. The van der Waals surface area contributed by atoms with Gasteiger partial charge in [-0.2, -0.15) is 0 Å². The van der Waals surface area contributed by atoms with Crippen LogP contribution in [0.15, 0.2) is 18.2 Å². The highest BCUT2D eigenvalue weighted by Crippen LogP contribution is 2.11. The SMILES string of the molecule is CC(CCBr)NCc1cccc(F)c1F. The van der Waals surface area contributed by atoms with Crippen molar-refractivity contribution in [2.45, 2.75) is 25.9 Å². The summed E-state index contributed by atoms with van der Waals surface area (Å²) in [5.41, 5.74) is 0.372. The van der Waals surface area contributed by atoms with Crippen LogP contribution < -0.4 is 5.32 Å². The van der Waals surface area contributed by atoms with E-state index in [4.69, 9.17) is 0 Å². The normalized spacial score (nSPS) is 12.8. The summed E-state index contributed by atoms with van der Waals surface area (Å²) in [5, 5.41) is 4.03. The molecule has 0 spiro atoms. The lowest BCUT2D eigenvalue weighted by Gasteiger charge is -2.12. The summed E-state index contributed by atoms with van der Waals surface area (Å²) < 4.78 is 26.1. The lowest BCUT2D eigenvalue weighted by molar-refractivity contribution is 0.479. The second-order valence-corrected chi connectivity index (χ2v) is 4.27. The molecule has 15 heavy (non-hydrogen) atoms. The summed E-state index contributed by atoms with van der Waals surface area (Å²) in [6.45, 7) is 2.37. The monoisotopic (exact) mass is 277 g/mol. The zero-order valence-electron chi connectivity index (χ0n) is 8.56. The van der Waals surface area contributed by atoms with Crippen LogP contribution >= 0.6 is 15.9 Å². The fourth-order valence-corrected chi connectivity index (χ4v) is 1.92. The van der Waals surface area contributed by atoms with Gasteiger partial charge in [-0.15, -0.1) is 0 Å². The Morgan fingerprint density at radius 1 is 1.40 bits per heavy atom. The van der Waals surface area contributed by atoms with Gasteiger partial charge in [0.1, 0.15) is 0 Å². The predicted molar refractivity (Wildman–Crippen MR) is 61.1 cm³/mol. The third kappa shape index (κ3) is 3.87. The van der Waals surface area contributed by atoms with E-state index in [1.807, 2.05) is 6.92 Å². The first-order valence-electron chi connectivity index (χ1n) is 4.87. The number of benzene rings is 1. The highest BCUT2D eigenvalue weighted by molar-refractivity contribution is 9.09. The first-order valence-corrected chi connectivity index (χ1v) is 5.99. The molecule has 1 rings (SSSR count). The van der Waals surface area contributed by atoms with Gasteiger partial charge in [0.15, 0.2) is 11.6 Å². The number of hydrogen-bond acceptors (Lipinski definition) is 1. The molecule has 1 unspecified atom stereocenters. The van der Waals surface area contributed by atoms with Crippen LogP contribution in [0.5, 0.6) is 0 Å². The molecule has 0 aliphatic rings. The van der Waals surface area contributed by atoms with Crippen LogP contribution in [0.1, 0.15) is 18.9 Å². The Labute approximate surface area is 97.0 Å². The van der Waals surface area contributed by atoms with Crippen LogP contribution in [0.2, 0.25) is 0 Å². The molecular weight excluding hydrogens is 264 g/mol. The molecular formula is C11H14BrF2N. The van der Waals surface area contributed by atoms with Crippen molar-refractivity contribution in [3.05, 3.63) is 35.4 Å². The van der Waals surface area contributed by atoms with E-state index >= 15 is 0 Å². The fourth-order valence-electron chi connectivity index (χ4n) is 1.23. The van der Waals surface area contributed by atoms with Gasteiger partial charge in [-0.25, -0.2) is 8.78 Å². The molecule has 1 nitrogen and oxygen atoms in total. The highest BCUT2D eigenvalue weighted by atomic mass is 79.9. The van der Waals surface area contributed by atoms with E-state index < -0.39 is 11.6 Å². The molecule has 1 N–H and O–H groups in total. The van der Waals surface area contributed by atoms with E-state index in [9.17, 15) is 8.78 Å². The summed E-state index contributed by atoms with van der Waals surface area (Å²) in [4.78, 5) is 0. The number of rotatable bonds is 5. The highest BCUT2D eigenvalue weighted by Gasteiger charge is 2.08. The van der Waals surface area contributed by atoms with Crippen molar-refractivity contribution in [3.63, 3.8) is 0 Å². The minimum Gasteiger partial charge on any atom is -0.310 e. The molecule has 1 aromatic rings. The lowest BCUT2D eigenvalue weighted by atomic mass is 10.2. The molecule has 0 bridgehead atoms. The van der Waals surface area contributed by atoms with E-state index in [0.717, 1.165) is 17.8 Å². The molecule has 0 saturated heterocycles. The third-order valence-electron chi connectivity index (χ3n) is 2.21. The maximum Gasteiger partial charge on any atom is 0.163 e. The Bertz CT molecular complexity index is 317. The Morgan fingerprint density at radius 2 is 2.13 bits per heavy atom. The van der Waals surface area contributed by atoms with Gasteiger partial charge in [-0.05, 0) is 19.4 Å². The van der Waals surface area contributed by atoms with Crippen LogP contribution in [0.4, 0.5) is 8.78 Å². The fraction of sp³-hybridized carbons (Fsp3) is 0.455. The number of halogens is 3. The molecule has 0 amide bonds. The van der Waals surface area contributed by atoms with Crippen molar-refractivity contribution in [1.29, 1.82) is 0 Å². The molecule has 0 heterocycles. The molecule has 4 heteroatoms. The van der Waals surface area contributed by atoms with E-state index in [0.29, 0.717) is 12.1 Å². The summed E-state index contributed by atoms with van der Waals surface area (Å²) in [7, 11) is 0. The van der Waals surface area contributed by atoms with Gasteiger partial charge in [-0.1, -0.05) is 28.1 Å². The summed E-state index contributed by atoms with van der Waals surface area (Å²) >= 11 is 3.33. The van der Waals surface area contributed by atoms with Crippen molar-refractivity contribution in [2.24, 2.45) is 0 Å². The predicted octanol–water partition coefficient (Wildman–Crippen LogP) is 3.23. The van der Waals surface area contributed by atoms with Crippen LogP contribution in [0.25, 0.3) is 0 Å². The first kappa shape index (κ1) is 12.6. The molecule has 84 valence electrons. The van der Waals surface area contributed by atoms with Gasteiger partial charge in [-0.3, -0.25) is 0 Å². The second-order valence-electron chi connectivity index (χ2n) is 3.47. The number of hydrogen-bond donors (Lipinski definition) is 1. The first-order chi connectivity index (χ1) is 7.15. The zero-order valence-corrected chi connectivity index (χ0v) is 10.2. The quantitative estimate of drug-likeness (QED) is 0.815. The van der Waals surface area contributed by atoms with Crippen molar-refractivity contribution in [1.82, 2.24) is 5.32 Å². The standard InChI is InChI=1S/C11H14BrF2N/c1-8(5-6-12)15-7-9-3-2-4-10(13)11(9)14/h2-4,8,15H,5-7H2,1H3. The van der Waals surface area contributed by atoms with Crippen LogP contribution in [0, 0.1) is 11.6 Å². The number of alkyl halides is 1. The van der Waals surface area contributed by atoms with Crippen molar-refractivity contribution in [3.8, 4) is 0 Å². The molecule has 0 fully saturated rings. The lowest BCUT2D eigenvalue weighted by Crippen LogP contribution is -2.26. The molecule has 1 atom stereocenters. The van der Waals surface area contributed by atoms with Crippen molar-refractivity contribution in [2.75, 3.05) is 5.33 Å². The van der Waals surface area contributed by atoms with Crippen molar-refractivity contribution >= 4 is 15.9 Å². The van der Waals surface area contributed by atoms with E-state index in [1.165, 1.54) is 6.07 Å². The molecule has 0 aliphatic heterocycles. The average Bonchev–Trinajstić information content (AvgIpc) is 2.21. The van der Waals surface area contributed by atoms with Crippen LogP contribution in [-0.4, -0.2) is 11.4 Å². The number of nitrogens with one attached hydrogen (secondary N) is 1. The van der Waals surface area contributed by atoms with Gasteiger partial charge in [0.25, 0.3) is 0 Å². The summed E-state index contributed by atoms with van der Waals surface area (Å²) in [5.74, 6) is -1.54. The third-order valence-corrected chi connectivity index (χ3v) is 2.67. The Kier molecular flexibility index (Phi) is 5.19. The molecule has 0 radical (unpaired) electrons. The molecule has 0 aromatic heterocycles. The van der Waals surface area contributed by atoms with E-state index in [1.54, 1.807) is 6.07 Å². The van der Waals surface area contributed by atoms with Gasteiger partial charge in [0.2, 0.25) is 0 Å². The second kappa shape index (κ2) is 6.18. The Balaban J connectivity index is 2.54. The average molecular weight is 278 g/mol. The molecule has 0 saturated carbocycles. The topological polar surface area (TPSA) is 12.0 Å². The van der Waals surface area contributed by atoms with Gasteiger partial charge in [0, 0.05) is 23.5 Å². The Hall–Kier alpha value is -0.480. The van der Waals surface area contributed by atoms with E-state index in [-0.39, 0.29) is 6.04 Å². The van der Waals surface area contributed by atoms with Gasteiger partial charge >= 0.3 is 0 Å². The minimum atomic E-state index is -0.789.